The van der Waals surface area contributed by atoms with Crippen molar-refractivity contribution in [2.75, 3.05) is 6.61 Å². The molecule has 0 aliphatic carbocycles. The molecule has 0 aliphatic heterocycles. The van der Waals surface area contributed by atoms with Crippen molar-refractivity contribution in [3.05, 3.63) is 17.5 Å². The minimum Gasteiger partial charge on any atom is -0.472 e. The summed E-state index contributed by atoms with van der Waals surface area (Å²) in [5, 5.41) is 8.99. The standard InChI is InChI=1S/C7H9ClN2O2/c1-5(3-11)12-7-2-6(8)9-4-10-7/h2,4-5,11H,3H2,1H3/t5-/m0/s1. The molecule has 12 heavy (non-hydrogen) atoms. The fourth-order valence-corrected chi connectivity index (χ4v) is 0.762. The summed E-state index contributed by atoms with van der Waals surface area (Å²) < 4.78 is 5.16. The molecule has 1 aromatic rings. The van der Waals surface area contributed by atoms with Crippen molar-refractivity contribution in [2.24, 2.45) is 0 Å². The maximum atomic E-state index is 8.66. The Labute approximate surface area is 75.2 Å². The van der Waals surface area contributed by atoms with Crippen molar-refractivity contribution in [1.29, 1.82) is 0 Å². The maximum Gasteiger partial charge on any atom is 0.218 e. The van der Waals surface area contributed by atoms with E-state index in [1.807, 2.05) is 0 Å². The Balaban J connectivity index is 2.63. The highest BCUT2D eigenvalue weighted by atomic mass is 35.5. The summed E-state index contributed by atoms with van der Waals surface area (Å²) in [6, 6.07) is 1.49. The number of halogens is 1. The number of aliphatic hydroxyl groups excluding tert-OH is 1. The van der Waals surface area contributed by atoms with E-state index in [2.05, 4.69) is 9.97 Å². The van der Waals surface area contributed by atoms with Crippen molar-refractivity contribution in [1.82, 2.24) is 9.97 Å². The monoisotopic (exact) mass is 188 g/mol. The molecule has 0 amide bonds. The highest BCUT2D eigenvalue weighted by molar-refractivity contribution is 6.29. The second kappa shape index (κ2) is 4.23. The van der Waals surface area contributed by atoms with Crippen LogP contribution in [0.15, 0.2) is 12.4 Å². The van der Waals surface area contributed by atoms with Crippen LogP contribution in [0.4, 0.5) is 0 Å². The summed E-state index contributed by atoms with van der Waals surface area (Å²) in [5.41, 5.74) is 0. The Morgan fingerprint density at radius 1 is 1.67 bits per heavy atom. The van der Waals surface area contributed by atoms with E-state index in [9.17, 15) is 0 Å². The van der Waals surface area contributed by atoms with Gasteiger partial charge in [-0.3, -0.25) is 0 Å². The number of ether oxygens (including phenoxy) is 1. The van der Waals surface area contributed by atoms with Crippen LogP contribution in [-0.2, 0) is 0 Å². The number of aliphatic hydroxyl groups is 1. The van der Waals surface area contributed by atoms with Gasteiger partial charge < -0.3 is 9.84 Å². The molecule has 0 unspecified atom stereocenters. The van der Waals surface area contributed by atoms with Crippen LogP contribution in [0.5, 0.6) is 5.88 Å². The highest BCUT2D eigenvalue weighted by Gasteiger charge is 2.03. The zero-order chi connectivity index (χ0) is 8.97. The molecular weight excluding hydrogens is 180 g/mol. The Hall–Kier alpha value is -0.870. The molecule has 0 spiro atoms. The Kier molecular flexibility index (Phi) is 3.25. The summed E-state index contributed by atoms with van der Waals surface area (Å²) in [5.74, 6) is 0.372. The first-order valence-corrected chi connectivity index (χ1v) is 3.85. The average Bonchev–Trinajstić information content (AvgIpc) is 2.04. The number of rotatable bonds is 3. The number of hydrogen-bond acceptors (Lipinski definition) is 4. The molecule has 0 bridgehead atoms. The maximum absolute atomic E-state index is 8.66. The van der Waals surface area contributed by atoms with Crippen molar-refractivity contribution in [3.8, 4) is 5.88 Å². The third kappa shape index (κ3) is 2.64. The zero-order valence-electron chi connectivity index (χ0n) is 6.57. The normalized spacial score (nSPS) is 12.6. The molecular formula is C7H9ClN2O2. The molecule has 0 aliphatic rings. The van der Waals surface area contributed by atoms with Gasteiger partial charge in [0.25, 0.3) is 0 Å². The number of aromatic nitrogens is 2. The van der Waals surface area contributed by atoms with Gasteiger partial charge in [0, 0.05) is 6.07 Å². The molecule has 1 aromatic heterocycles. The minimum atomic E-state index is -0.282. The van der Waals surface area contributed by atoms with E-state index in [1.54, 1.807) is 6.92 Å². The van der Waals surface area contributed by atoms with E-state index in [-0.39, 0.29) is 12.7 Å². The van der Waals surface area contributed by atoms with Crippen molar-refractivity contribution < 1.29 is 9.84 Å². The lowest BCUT2D eigenvalue weighted by Gasteiger charge is -2.09. The predicted octanol–water partition coefficient (Wildman–Crippen LogP) is 0.890. The van der Waals surface area contributed by atoms with Gasteiger partial charge in [0.2, 0.25) is 5.88 Å². The van der Waals surface area contributed by atoms with Crippen LogP contribution >= 0.6 is 11.6 Å². The molecule has 0 radical (unpaired) electrons. The van der Waals surface area contributed by atoms with Crippen LogP contribution in [0.2, 0.25) is 5.15 Å². The minimum absolute atomic E-state index is 0.0539. The Bertz CT molecular complexity index is 257. The second-order valence-corrected chi connectivity index (χ2v) is 2.68. The Morgan fingerprint density at radius 2 is 2.42 bits per heavy atom. The summed E-state index contributed by atoms with van der Waals surface area (Å²) >= 11 is 5.58. The lowest BCUT2D eigenvalue weighted by atomic mass is 10.4. The predicted molar refractivity (Wildman–Crippen MR) is 44.2 cm³/mol. The average molecular weight is 189 g/mol. The number of hydrogen-bond donors (Lipinski definition) is 1. The first-order chi connectivity index (χ1) is 5.72. The van der Waals surface area contributed by atoms with Crippen LogP contribution in [0.1, 0.15) is 6.92 Å². The summed E-state index contributed by atoms with van der Waals surface area (Å²) in [7, 11) is 0. The van der Waals surface area contributed by atoms with Crippen molar-refractivity contribution in [2.45, 2.75) is 13.0 Å². The number of nitrogens with zero attached hydrogens (tertiary/aromatic N) is 2. The largest absolute Gasteiger partial charge is 0.472 e. The van der Waals surface area contributed by atoms with Gasteiger partial charge in [0.05, 0.1) is 6.61 Å². The topological polar surface area (TPSA) is 55.2 Å². The molecule has 4 nitrogen and oxygen atoms in total. The van der Waals surface area contributed by atoms with Gasteiger partial charge >= 0.3 is 0 Å². The molecule has 0 saturated heterocycles. The SMILES string of the molecule is C[C@@H](CO)Oc1cc(Cl)ncn1. The summed E-state index contributed by atoms with van der Waals surface area (Å²) in [6.45, 7) is 1.68. The highest BCUT2D eigenvalue weighted by Crippen LogP contribution is 2.11. The molecule has 1 N–H and O–H groups in total. The lowest BCUT2D eigenvalue weighted by molar-refractivity contribution is 0.125. The van der Waals surface area contributed by atoms with Gasteiger partial charge in [-0.25, -0.2) is 9.97 Å². The molecule has 1 atom stereocenters. The smallest absolute Gasteiger partial charge is 0.218 e. The van der Waals surface area contributed by atoms with Crippen molar-refractivity contribution in [3.63, 3.8) is 0 Å². The lowest BCUT2D eigenvalue weighted by Crippen LogP contribution is -2.16. The van der Waals surface area contributed by atoms with Gasteiger partial charge in [-0.05, 0) is 6.92 Å². The Morgan fingerprint density at radius 3 is 3.00 bits per heavy atom. The second-order valence-electron chi connectivity index (χ2n) is 2.29. The van der Waals surface area contributed by atoms with E-state index in [0.717, 1.165) is 0 Å². The van der Waals surface area contributed by atoms with Crippen LogP contribution in [0, 0.1) is 0 Å². The molecule has 0 saturated carbocycles. The first kappa shape index (κ1) is 9.22. The van der Waals surface area contributed by atoms with Crippen LogP contribution in [0.25, 0.3) is 0 Å². The molecule has 1 heterocycles. The van der Waals surface area contributed by atoms with Crippen molar-refractivity contribution >= 4 is 11.6 Å². The van der Waals surface area contributed by atoms with Crippen LogP contribution < -0.4 is 4.74 Å². The summed E-state index contributed by atoms with van der Waals surface area (Å²) in [4.78, 5) is 7.48. The van der Waals surface area contributed by atoms with Crippen LogP contribution in [0.3, 0.4) is 0 Å². The quantitative estimate of drug-likeness (QED) is 0.716. The molecule has 0 aromatic carbocycles. The zero-order valence-corrected chi connectivity index (χ0v) is 7.32. The van der Waals surface area contributed by atoms with Gasteiger partial charge in [0.15, 0.2) is 0 Å². The van der Waals surface area contributed by atoms with E-state index in [1.165, 1.54) is 12.4 Å². The first-order valence-electron chi connectivity index (χ1n) is 3.47. The third-order valence-electron chi connectivity index (χ3n) is 1.19. The molecule has 1 rings (SSSR count). The van der Waals surface area contributed by atoms with E-state index < -0.39 is 0 Å². The molecule has 5 heteroatoms. The van der Waals surface area contributed by atoms with E-state index >= 15 is 0 Å². The van der Waals surface area contributed by atoms with Gasteiger partial charge in [-0.1, -0.05) is 11.6 Å². The fraction of sp³-hybridized carbons (Fsp3) is 0.429. The summed E-state index contributed by atoms with van der Waals surface area (Å²) in [6.07, 6.45) is 1.03. The fourth-order valence-electron chi connectivity index (χ4n) is 0.625. The molecule has 66 valence electrons. The van der Waals surface area contributed by atoms with Gasteiger partial charge in [0.1, 0.15) is 17.6 Å². The van der Waals surface area contributed by atoms with Gasteiger partial charge in [-0.15, -0.1) is 0 Å². The van der Waals surface area contributed by atoms with E-state index in [0.29, 0.717) is 11.0 Å². The van der Waals surface area contributed by atoms with Gasteiger partial charge in [-0.2, -0.15) is 0 Å². The van der Waals surface area contributed by atoms with E-state index in [4.69, 9.17) is 21.4 Å². The molecule has 0 fully saturated rings. The third-order valence-corrected chi connectivity index (χ3v) is 1.39. The van der Waals surface area contributed by atoms with Crippen LogP contribution in [-0.4, -0.2) is 27.8 Å².